The lowest BCUT2D eigenvalue weighted by Crippen LogP contribution is -2.23. The standard InChI is InChI=1S/C22H15ClFN5OS/c1-13-21(31-12-27-13)22(30)26-9-16-3-2-14(6-20(16)24)17-10-28-29(11-17)18-5-4-15(8-25)19(23)7-18/h2-7,10-12H,9H2,1H3,(H,26,30). The van der Waals surface area contributed by atoms with Crippen molar-refractivity contribution in [1.82, 2.24) is 20.1 Å². The first-order valence-electron chi connectivity index (χ1n) is 9.18. The molecule has 0 fully saturated rings. The maximum atomic E-state index is 14.6. The summed E-state index contributed by atoms with van der Waals surface area (Å²) < 4.78 is 16.2. The van der Waals surface area contributed by atoms with Crippen LogP contribution in [0.2, 0.25) is 5.02 Å². The van der Waals surface area contributed by atoms with Gasteiger partial charge in [-0.1, -0.05) is 23.7 Å². The molecular formula is C22H15ClFN5OS. The number of halogens is 2. The number of hydrogen-bond donors (Lipinski definition) is 1. The Morgan fingerprint density at radius 3 is 2.81 bits per heavy atom. The number of aromatic nitrogens is 3. The van der Waals surface area contributed by atoms with E-state index in [9.17, 15) is 9.18 Å². The highest BCUT2D eigenvalue weighted by atomic mass is 35.5. The summed E-state index contributed by atoms with van der Waals surface area (Å²) in [6.45, 7) is 1.83. The van der Waals surface area contributed by atoms with Crippen molar-refractivity contribution in [2.45, 2.75) is 13.5 Å². The number of amides is 1. The van der Waals surface area contributed by atoms with Gasteiger partial charge in [0.15, 0.2) is 0 Å². The van der Waals surface area contributed by atoms with E-state index >= 15 is 0 Å². The summed E-state index contributed by atoms with van der Waals surface area (Å²) in [6, 6.07) is 11.8. The molecule has 6 nitrogen and oxygen atoms in total. The first-order chi connectivity index (χ1) is 15.0. The van der Waals surface area contributed by atoms with Gasteiger partial charge in [0.2, 0.25) is 0 Å². The number of thiazole rings is 1. The second kappa shape index (κ2) is 8.68. The van der Waals surface area contributed by atoms with Gasteiger partial charge in [0.25, 0.3) is 5.91 Å². The Labute approximate surface area is 186 Å². The molecule has 4 rings (SSSR count). The van der Waals surface area contributed by atoms with E-state index in [1.54, 1.807) is 59.8 Å². The quantitative estimate of drug-likeness (QED) is 0.468. The van der Waals surface area contributed by atoms with E-state index in [4.69, 9.17) is 16.9 Å². The zero-order valence-electron chi connectivity index (χ0n) is 16.3. The normalized spacial score (nSPS) is 10.6. The van der Waals surface area contributed by atoms with E-state index in [1.165, 1.54) is 17.4 Å². The van der Waals surface area contributed by atoms with Gasteiger partial charge in [0.05, 0.1) is 33.7 Å². The minimum Gasteiger partial charge on any atom is -0.347 e. The third-order valence-electron chi connectivity index (χ3n) is 4.70. The van der Waals surface area contributed by atoms with Crippen LogP contribution in [0.1, 0.15) is 26.5 Å². The molecule has 0 bridgehead atoms. The molecule has 0 spiro atoms. The first-order valence-corrected chi connectivity index (χ1v) is 10.4. The molecule has 2 aromatic heterocycles. The van der Waals surface area contributed by atoms with Crippen LogP contribution in [-0.2, 0) is 6.54 Å². The number of benzene rings is 2. The molecule has 0 radical (unpaired) electrons. The lowest BCUT2D eigenvalue weighted by atomic mass is 10.1. The molecule has 0 atom stereocenters. The molecule has 0 aliphatic rings. The van der Waals surface area contributed by atoms with Crippen LogP contribution in [0.3, 0.4) is 0 Å². The topological polar surface area (TPSA) is 83.6 Å². The summed E-state index contributed by atoms with van der Waals surface area (Å²) in [5.41, 5.74) is 5.07. The number of hydrogen-bond acceptors (Lipinski definition) is 5. The van der Waals surface area contributed by atoms with E-state index in [-0.39, 0.29) is 12.5 Å². The van der Waals surface area contributed by atoms with Crippen LogP contribution in [0, 0.1) is 24.1 Å². The van der Waals surface area contributed by atoms with Gasteiger partial charge in [-0.15, -0.1) is 11.3 Å². The molecule has 31 heavy (non-hydrogen) atoms. The van der Waals surface area contributed by atoms with Crippen molar-refractivity contribution in [1.29, 1.82) is 5.26 Å². The minimum atomic E-state index is -0.423. The molecule has 0 aliphatic carbocycles. The van der Waals surface area contributed by atoms with Gasteiger partial charge in [-0.05, 0) is 36.8 Å². The van der Waals surface area contributed by atoms with Crippen molar-refractivity contribution in [3.8, 4) is 22.9 Å². The Kier molecular flexibility index (Phi) is 5.80. The van der Waals surface area contributed by atoms with E-state index in [0.29, 0.717) is 38.0 Å². The second-order valence-electron chi connectivity index (χ2n) is 6.71. The Hall–Kier alpha value is -3.54. The highest BCUT2D eigenvalue weighted by Crippen LogP contribution is 2.25. The van der Waals surface area contributed by atoms with E-state index in [2.05, 4.69) is 15.4 Å². The number of rotatable bonds is 5. The fourth-order valence-corrected chi connectivity index (χ4v) is 3.93. The van der Waals surface area contributed by atoms with Gasteiger partial charge in [0.1, 0.15) is 16.8 Å². The Morgan fingerprint density at radius 1 is 1.29 bits per heavy atom. The summed E-state index contributed by atoms with van der Waals surface area (Å²) in [5, 5.41) is 16.3. The zero-order chi connectivity index (χ0) is 22.0. The average molecular weight is 452 g/mol. The van der Waals surface area contributed by atoms with Crippen molar-refractivity contribution >= 4 is 28.8 Å². The maximum Gasteiger partial charge on any atom is 0.263 e. The van der Waals surface area contributed by atoms with Crippen LogP contribution in [0.4, 0.5) is 4.39 Å². The summed E-state index contributed by atoms with van der Waals surface area (Å²) in [4.78, 5) is 16.8. The van der Waals surface area contributed by atoms with Gasteiger partial charge in [-0.3, -0.25) is 4.79 Å². The van der Waals surface area contributed by atoms with E-state index in [1.807, 2.05) is 6.07 Å². The lowest BCUT2D eigenvalue weighted by molar-refractivity contribution is 0.0954. The lowest BCUT2D eigenvalue weighted by Gasteiger charge is -2.07. The predicted octanol–water partition coefficient (Wildman–Crippen LogP) is 4.90. The Morgan fingerprint density at radius 2 is 2.13 bits per heavy atom. The minimum absolute atomic E-state index is 0.0747. The molecule has 0 unspecified atom stereocenters. The molecule has 4 aromatic rings. The fourth-order valence-electron chi connectivity index (χ4n) is 3.00. The summed E-state index contributed by atoms with van der Waals surface area (Å²) in [5.74, 6) is -0.696. The third-order valence-corrected chi connectivity index (χ3v) is 5.94. The van der Waals surface area contributed by atoms with Gasteiger partial charge in [0, 0.05) is 23.9 Å². The molecule has 2 heterocycles. The zero-order valence-corrected chi connectivity index (χ0v) is 17.8. The molecule has 0 saturated heterocycles. The Balaban J connectivity index is 1.50. The number of carbonyl (C=O) groups is 1. The number of nitriles is 1. The molecular weight excluding hydrogens is 437 g/mol. The highest BCUT2D eigenvalue weighted by molar-refractivity contribution is 7.11. The van der Waals surface area contributed by atoms with Crippen LogP contribution in [-0.4, -0.2) is 20.7 Å². The van der Waals surface area contributed by atoms with Gasteiger partial charge < -0.3 is 5.32 Å². The summed E-state index contributed by atoms with van der Waals surface area (Å²) >= 11 is 7.34. The smallest absolute Gasteiger partial charge is 0.263 e. The second-order valence-corrected chi connectivity index (χ2v) is 7.97. The SMILES string of the molecule is Cc1ncsc1C(=O)NCc1ccc(-c2cnn(-c3ccc(C#N)c(Cl)c3)c2)cc1F. The van der Waals surface area contributed by atoms with Gasteiger partial charge in [-0.2, -0.15) is 10.4 Å². The van der Waals surface area contributed by atoms with Crippen LogP contribution >= 0.6 is 22.9 Å². The maximum absolute atomic E-state index is 14.6. The fraction of sp³-hybridized carbons (Fsp3) is 0.0909. The van der Waals surface area contributed by atoms with E-state index < -0.39 is 5.82 Å². The van der Waals surface area contributed by atoms with Crippen molar-refractivity contribution in [2.24, 2.45) is 0 Å². The summed E-state index contributed by atoms with van der Waals surface area (Å²) in [7, 11) is 0. The molecule has 0 saturated carbocycles. The van der Waals surface area contributed by atoms with Crippen molar-refractivity contribution in [2.75, 3.05) is 0 Å². The number of aryl methyl sites for hydroxylation is 1. The van der Waals surface area contributed by atoms with Crippen LogP contribution in [0.15, 0.2) is 54.3 Å². The Bertz CT molecular complexity index is 1320. The van der Waals surface area contributed by atoms with Crippen molar-refractivity contribution < 1.29 is 9.18 Å². The monoisotopic (exact) mass is 451 g/mol. The molecule has 2 aromatic carbocycles. The molecule has 154 valence electrons. The molecule has 9 heteroatoms. The molecule has 1 N–H and O–H groups in total. The average Bonchev–Trinajstić information content (AvgIpc) is 3.42. The highest BCUT2D eigenvalue weighted by Gasteiger charge is 2.13. The number of carbonyl (C=O) groups excluding carboxylic acids is 1. The van der Waals surface area contributed by atoms with Crippen LogP contribution in [0.25, 0.3) is 16.8 Å². The third kappa shape index (κ3) is 4.33. The van der Waals surface area contributed by atoms with E-state index in [0.717, 1.165) is 5.56 Å². The molecule has 0 aliphatic heterocycles. The first kappa shape index (κ1) is 20.7. The van der Waals surface area contributed by atoms with Crippen molar-refractivity contribution in [3.63, 3.8) is 0 Å². The van der Waals surface area contributed by atoms with Gasteiger partial charge in [-0.25, -0.2) is 14.1 Å². The van der Waals surface area contributed by atoms with Crippen LogP contribution in [0.5, 0.6) is 0 Å². The predicted molar refractivity (Wildman–Crippen MR) is 117 cm³/mol. The molecule has 1 amide bonds. The van der Waals surface area contributed by atoms with Gasteiger partial charge >= 0.3 is 0 Å². The summed E-state index contributed by atoms with van der Waals surface area (Å²) in [6.07, 6.45) is 3.37. The van der Waals surface area contributed by atoms with Crippen molar-refractivity contribution in [3.05, 3.63) is 86.8 Å². The number of nitrogens with zero attached hydrogens (tertiary/aromatic N) is 4. The largest absolute Gasteiger partial charge is 0.347 e. The number of nitrogens with one attached hydrogen (secondary N) is 1. The van der Waals surface area contributed by atoms with Crippen LogP contribution < -0.4 is 5.32 Å².